The van der Waals surface area contributed by atoms with Crippen LogP contribution in [-0.2, 0) is 19.4 Å². The third-order valence-corrected chi connectivity index (χ3v) is 5.06. The van der Waals surface area contributed by atoms with E-state index in [0.29, 0.717) is 0 Å². The molecule has 2 aromatic heterocycles. The SMILES string of the molecule is CC(NCc1cc2c(s1)CCC2)c1ccc(Br)o1. The summed E-state index contributed by atoms with van der Waals surface area (Å²) >= 11 is 5.30. The van der Waals surface area contributed by atoms with Crippen LogP contribution in [0.1, 0.15) is 40.5 Å². The summed E-state index contributed by atoms with van der Waals surface area (Å²) < 4.78 is 6.35. The lowest BCUT2D eigenvalue weighted by Crippen LogP contribution is -2.16. The Bertz CT molecular complexity index is 524. The monoisotopic (exact) mass is 325 g/mol. The minimum absolute atomic E-state index is 0.244. The molecule has 2 heterocycles. The Kier molecular flexibility index (Phi) is 3.59. The van der Waals surface area contributed by atoms with Crippen molar-refractivity contribution in [2.45, 2.75) is 38.8 Å². The summed E-state index contributed by atoms with van der Waals surface area (Å²) in [5.74, 6) is 0.978. The van der Waals surface area contributed by atoms with Gasteiger partial charge in [-0.2, -0.15) is 0 Å². The third kappa shape index (κ3) is 2.56. The quantitative estimate of drug-likeness (QED) is 0.898. The smallest absolute Gasteiger partial charge is 0.169 e. The van der Waals surface area contributed by atoms with E-state index in [1.165, 1.54) is 24.1 Å². The van der Waals surface area contributed by atoms with Crippen LogP contribution in [0, 0.1) is 0 Å². The van der Waals surface area contributed by atoms with Gasteiger partial charge in [0, 0.05) is 16.3 Å². The fraction of sp³-hybridized carbons (Fsp3) is 0.429. The Morgan fingerprint density at radius 1 is 1.44 bits per heavy atom. The summed E-state index contributed by atoms with van der Waals surface area (Å²) in [6, 6.07) is 6.56. The Balaban J connectivity index is 1.60. The number of nitrogens with one attached hydrogen (secondary N) is 1. The van der Waals surface area contributed by atoms with E-state index < -0.39 is 0 Å². The first kappa shape index (κ1) is 12.5. The molecule has 18 heavy (non-hydrogen) atoms. The lowest BCUT2D eigenvalue weighted by atomic mass is 10.2. The van der Waals surface area contributed by atoms with Crippen LogP contribution in [-0.4, -0.2) is 0 Å². The molecule has 0 aliphatic heterocycles. The van der Waals surface area contributed by atoms with E-state index in [0.717, 1.165) is 17.0 Å². The highest BCUT2D eigenvalue weighted by Gasteiger charge is 2.15. The van der Waals surface area contributed by atoms with E-state index in [1.807, 2.05) is 23.5 Å². The lowest BCUT2D eigenvalue weighted by Gasteiger charge is -2.10. The van der Waals surface area contributed by atoms with Crippen molar-refractivity contribution in [2.75, 3.05) is 0 Å². The molecule has 1 N–H and O–H groups in total. The standard InChI is InChI=1S/C14H16BrNOS/c1-9(12-5-6-14(15)17-12)16-8-11-7-10-3-2-4-13(10)18-11/h5-7,9,16H,2-4,8H2,1H3. The number of fused-ring (bicyclic) bond motifs is 1. The van der Waals surface area contributed by atoms with E-state index in [9.17, 15) is 0 Å². The zero-order chi connectivity index (χ0) is 12.5. The first-order valence-electron chi connectivity index (χ1n) is 6.31. The number of hydrogen-bond donors (Lipinski definition) is 1. The van der Waals surface area contributed by atoms with Gasteiger partial charge in [-0.15, -0.1) is 11.3 Å². The van der Waals surface area contributed by atoms with Crippen LogP contribution >= 0.6 is 27.3 Å². The van der Waals surface area contributed by atoms with Crippen LogP contribution in [0.4, 0.5) is 0 Å². The van der Waals surface area contributed by atoms with Crippen LogP contribution in [0.5, 0.6) is 0 Å². The van der Waals surface area contributed by atoms with Crippen molar-refractivity contribution < 1.29 is 4.42 Å². The topological polar surface area (TPSA) is 25.2 Å². The Hall–Kier alpha value is -0.580. The zero-order valence-corrected chi connectivity index (χ0v) is 12.7. The predicted octanol–water partition coefficient (Wildman–Crippen LogP) is 4.44. The maximum atomic E-state index is 5.55. The molecule has 1 aliphatic carbocycles. The number of thiophene rings is 1. The van der Waals surface area contributed by atoms with Crippen LogP contribution in [0.3, 0.4) is 0 Å². The first-order chi connectivity index (χ1) is 8.72. The van der Waals surface area contributed by atoms with Crippen molar-refractivity contribution in [2.24, 2.45) is 0 Å². The van der Waals surface area contributed by atoms with Crippen molar-refractivity contribution in [1.29, 1.82) is 0 Å². The molecule has 0 saturated carbocycles. The summed E-state index contributed by atoms with van der Waals surface area (Å²) in [6.07, 6.45) is 3.89. The zero-order valence-electron chi connectivity index (χ0n) is 10.3. The molecule has 0 bridgehead atoms. The van der Waals surface area contributed by atoms with E-state index in [-0.39, 0.29) is 6.04 Å². The molecule has 0 amide bonds. The molecule has 0 spiro atoms. The van der Waals surface area contributed by atoms with Gasteiger partial charge in [-0.25, -0.2) is 0 Å². The van der Waals surface area contributed by atoms with Crippen LogP contribution in [0.15, 0.2) is 27.3 Å². The number of aryl methyl sites for hydroxylation is 2. The molecule has 1 unspecified atom stereocenters. The summed E-state index contributed by atoms with van der Waals surface area (Å²) in [5, 5.41) is 3.51. The van der Waals surface area contributed by atoms with Crippen molar-refractivity contribution in [3.8, 4) is 0 Å². The van der Waals surface area contributed by atoms with Gasteiger partial charge in [-0.3, -0.25) is 0 Å². The highest BCUT2D eigenvalue weighted by Crippen LogP contribution is 2.31. The number of rotatable bonds is 4. The normalized spacial score (nSPS) is 15.9. The van der Waals surface area contributed by atoms with Gasteiger partial charge in [0.25, 0.3) is 0 Å². The van der Waals surface area contributed by atoms with Crippen LogP contribution < -0.4 is 5.32 Å². The van der Waals surface area contributed by atoms with Crippen molar-refractivity contribution in [3.63, 3.8) is 0 Å². The third-order valence-electron chi connectivity index (χ3n) is 3.40. The minimum atomic E-state index is 0.244. The summed E-state index contributed by atoms with van der Waals surface area (Å²) in [4.78, 5) is 3.04. The maximum absolute atomic E-state index is 5.55. The molecule has 0 radical (unpaired) electrons. The van der Waals surface area contributed by atoms with Gasteiger partial charge >= 0.3 is 0 Å². The first-order valence-corrected chi connectivity index (χ1v) is 7.92. The molecule has 4 heteroatoms. The van der Waals surface area contributed by atoms with Gasteiger partial charge < -0.3 is 9.73 Å². The molecule has 1 atom stereocenters. The van der Waals surface area contributed by atoms with Gasteiger partial charge in [-0.05, 0) is 65.9 Å². The molecule has 2 aromatic rings. The molecule has 3 rings (SSSR count). The fourth-order valence-corrected chi connectivity index (χ4v) is 3.92. The van der Waals surface area contributed by atoms with Gasteiger partial charge in [0.05, 0.1) is 6.04 Å². The molecule has 0 aromatic carbocycles. The molecule has 0 saturated heterocycles. The molecule has 0 fully saturated rings. The lowest BCUT2D eigenvalue weighted by molar-refractivity contribution is 0.418. The van der Waals surface area contributed by atoms with Crippen molar-refractivity contribution in [1.82, 2.24) is 5.32 Å². The molecule has 96 valence electrons. The molecule has 2 nitrogen and oxygen atoms in total. The number of furan rings is 1. The fourth-order valence-electron chi connectivity index (χ4n) is 2.39. The molecular weight excluding hydrogens is 310 g/mol. The maximum Gasteiger partial charge on any atom is 0.169 e. The minimum Gasteiger partial charge on any atom is -0.453 e. The van der Waals surface area contributed by atoms with Gasteiger partial charge in [-0.1, -0.05) is 0 Å². The Labute approximate surface area is 120 Å². The van der Waals surface area contributed by atoms with E-state index in [2.05, 4.69) is 34.2 Å². The summed E-state index contributed by atoms with van der Waals surface area (Å²) in [5.41, 5.74) is 1.57. The number of hydrogen-bond acceptors (Lipinski definition) is 3. The van der Waals surface area contributed by atoms with Crippen LogP contribution in [0.2, 0.25) is 0 Å². The number of halogens is 1. The Morgan fingerprint density at radius 3 is 3.06 bits per heavy atom. The van der Waals surface area contributed by atoms with Crippen molar-refractivity contribution in [3.05, 3.63) is 43.9 Å². The van der Waals surface area contributed by atoms with Crippen molar-refractivity contribution >= 4 is 27.3 Å². The Morgan fingerprint density at radius 2 is 2.33 bits per heavy atom. The summed E-state index contributed by atoms with van der Waals surface area (Å²) in [6.45, 7) is 3.06. The van der Waals surface area contributed by atoms with E-state index in [4.69, 9.17) is 4.42 Å². The van der Waals surface area contributed by atoms with Gasteiger partial charge in [0.2, 0.25) is 0 Å². The van der Waals surface area contributed by atoms with E-state index >= 15 is 0 Å². The second kappa shape index (κ2) is 5.19. The van der Waals surface area contributed by atoms with Gasteiger partial charge in [0.1, 0.15) is 5.76 Å². The molecule has 1 aliphatic rings. The summed E-state index contributed by atoms with van der Waals surface area (Å²) in [7, 11) is 0. The highest BCUT2D eigenvalue weighted by atomic mass is 79.9. The average molecular weight is 326 g/mol. The average Bonchev–Trinajstić information content (AvgIpc) is 3.00. The second-order valence-electron chi connectivity index (χ2n) is 4.76. The van der Waals surface area contributed by atoms with Crippen LogP contribution in [0.25, 0.3) is 0 Å². The predicted molar refractivity (Wildman–Crippen MR) is 78.0 cm³/mol. The second-order valence-corrected chi connectivity index (χ2v) is 6.76. The molecular formula is C14H16BrNOS. The van der Waals surface area contributed by atoms with E-state index in [1.54, 1.807) is 10.4 Å². The largest absolute Gasteiger partial charge is 0.453 e. The van der Waals surface area contributed by atoms with Gasteiger partial charge in [0.15, 0.2) is 4.67 Å². The highest BCUT2D eigenvalue weighted by molar-refractivity contribution is 9.10.